The van der Waals surface area contributed by atoms with Crippen LogP contribution >= 0.6 is 0 Å². The minimum absolute atomic E-state index is 0.0518. The van der Waals surface area contributed by atoms with Gasteiger partial charge in [-0.1, -0.05) is 13.8 Å². The fourth-order valence-corrected chi connectivity index (χ4v) is 3.04. The second-order valence-corrected chi connectivity index (χ2v) is 5.87. The summed E-state index contributed by atoms with van der Waals surface area (Å²) in [6.07, 6.45) is 2.25. The number of hydrogen-bond donors (Lipinski definition) is 1. The molecule has 18 heavy (non-hydrogen) atoms. The average molecular weight is 270 g/mol. The second kappa shape index (κ2) is 5.08. The number of aryl methyl sites for hydroxylation is 2. The Labute approximate surface area is 108 Å². The fraction of sp³-hybridized carbons (Fsp3) is 0.636. The van der Waals surface area contributed by atoms with E-state index in [1.807, 2.05) is 6.07 Å². The number of aromatic nitrogens is 2. The molecule has 0 bridgehead atoms. The van der Waals surface area contributed by atoms with Crippen molar-refractivity contribution in [2.24, 2.45) is 7.05 Å². The third kappa shape index (κ3) is 2.71. The Morgan fingerprint density at radius 1 is 1.50 bits per heavy atom. The third-order valence-electron chi connectivity index (χ3n) is 3.11. The topological polar surface area (TPSA) is 87.8 Å². The first-order chi connectivity index (χ1) is 8.30. The number of nitrogens with one attached hydrogen (secondary N) is 1. The van der Waals surface area contributed by atoms with Crippen molar-refractivity contribution in [3.8, 4) is 6.07 Å². The van der Waals surface area contributed by atoms with Crippen molar-refractivity contribution in [1.82, 2.24) is 14.3 Å². The zero-order valence-electron chi connectivity index (χ0n) is 11.1. The van der Waals surface area contributed by atoms with Crippen LogP contribution < -0.4 is 4.72 Å². The predicted molar refractivity (Wildman–Crippen MR) is 67.2 cm³/mol. The maximum Gasteiger partial charge on any atom is 0.260 e. The first-order valence-corrected chi connectivity index (χ1v) is 7.23. The van der Waals surface area contributed by atoms with Crippen molar-refractivity contribution in [3.63, 3.8) is 0 Å². The first-order valence-electron chi connectivity index (χ1n) is 5.75. The molecule has 0 spiro atoms. The summed E-state index contributed by atoms with van der Waals surface area (Å²) >= 11 is 0. The number of nitriles is 1. The Bertz CT molecular complexity index is 545. The van der Waals surface area contributed by atoms with Gasteiger partial charge in [-0.3, -0.25) is 0 Å². The molecule has 0 aromatic carbocycles. The largest absolute Gasteiger partial charge is 0.337 e. The van der Waals surface area contributed by atoms with Gasteiger partial charge in [-0.25, -0.2) is 13.4 Å². The summed E-state index contributed by atoms with van der Waals surface area (Å²) in [5.74, 6) is 0.603. The van der Waals surface area contributed by atoms with E-state index in [9.17, 15) is 8.42 Å². The molecule has 0 aliphatic heterocycles. The Hall–Kier alpha value is -1.39. The first kappa shape index (κ1) is 14.7. The fourth-order valence-electron chi connectivity index (χ4n) is 1.54. The van der Waals surface area contributed by atoms with E-state index in [1.54, 1.807) is 32.4 Å². The Balaban J connectivity index is 3.13. The van der Waals surface area contributed by atoms with Crippen molar-refractivity contribution in [2.45, 2.75) is 44.2 Å². The molecule has 1 heterocycles. The van der Waals surface area contributed by atoms with Gasteiger partial charge in [0, 0.05) is 13.2 Å². The van der Waals surface area contributed by atoms with Gasteiger partial charge in [0.1, 0.15) is 11.4 Å². The molecule has 0 aliphatic carbocycles. The smallest absolute Gasteiger partial charge is 0.260 e. The summed E-state index contributed by atoms with van der Waals surface area (Å²) in [6, 6.07) is 2.04. The van der Waals surface area contributed by atoms with E-state index in [4.69, 9.17) is 5.26 Å². The van der Waals surface area contributed by atoms with Crippen molar-refractivity contribution in [1.29, 1.82) is 5.26 Å². The number of hydrogen-bond acceptors (Lipinski definition) is 4. The molecule has 1 aromatic rings. The van der Waals surface area contributed by atoms with E-state index in [2.05, 4.69) is 9.71 Å². The van der Waals surface area contributed by atoms with Gasteiger partial charge in [-0.05, 0) is 19.8 Å². The maximum atomic E-state index is 12.2. The summed E-state index contributed by atoms with van der Waals surface area (Å²) in [4.78, 5) is 3.97. The Kier molecular flexibility index (Phi) is 4.14. The summed E-state index contributed by atoms with van der Waals surface area (Å²) in [6.45, 7) is 5.27. The molecule has 0 amide bonds. The minimum atomic E-state index is -3.76. The summed E-state index contributed by atoms with van der Waals surface area (Å²) < 4.78 is 28.4. The van der Waals surface area contributed by atoms with Crippen LogP contribution in [-0.4, -0.2) is 23.5 Å². The molecule has 0 radical (unpaired) electrons. The number of sulfonamides is 1. The van der Waals surface area contributed by atoms with Gasteiger partial charge in [0.05, 0.1) is 6.07 Å². The lowest BCUT2D eigenvalue weighted by atomic mass is 9.97. The standard InChI is InChI=1S/C11H18N4O2S/c1-5-11(6-2,8-12)14-18(16,17)10-7-15(4)9(3)13-10/h7,14H,5-6H2,1-4H3. The maximum absolute atomic E-state index is 12.2. The van der Waals surface area contributed by atoms with Crippen molar-refractivity contribution in [3.05, 3.63) is 12.0 Å². The lowest BCUT2D eigenvalue weighted by Crippen LogP contribution is -2.46. The highest BCUT2D eigenvalue weighted by molar-refractivity contribution is 7.89. The summed E-state index contributed by atoms with van der Waals surface area (Å²) in [7, 11) is -2.04. The van der Waals surface area contributed by atoms with Gasteiger partial charge < -0.3 is 4.57 Å². The van der Waals surface area contributed by atoms with E-state index < -0.39 is 15.6 Å². The molecule has 7 heteroatoms. The predicted octanol–water partition coefficient (Wildman–Crippen LogP) is 1.09. The van der Waals surface area contributed by atoms with Crippen LogP contribution in [0.3, 0.4) is 0 Å². The van der Waals surface area contributed by atoms with Crippen LogP contribution in [0, 0.1) is 18.3 Å². The summed E-state index contributed by atoms with van der Waals surface area (Å²) in [5.41, 5.74) is -1.07. The molecule has 0 saturated carbocycles. The number of rotatable bonds is 5. The molecule has 0 aliphatic rings. The molecule has 0 fully saturated rings. The molecule has 0 unspecified atom stereocenters. The van der Waals surface area contributed by atoms with Crippen molar-refractivity contribution < 1.29 is 8.42 Å². The van der Waals surface area contributed by atoms with E-state index in [0.717, 1.165) is 0 Å². The monoisotopic (exact) mass is 270 g/mol. The Morgan fingerprint density at radius 3 is 2.39 bits per heavy atom. The zero-order chi connectivity index (χ0) is 14.0. The number of nitrogens with zero attached hydrogens (tertiary/aromatic N) is 3. The van der Waals surface area contributed by atoms with Gasteiger partial charge in [0.2, 0.25) is 0 Å². The van der Waals surface area contributed by atoms with Crippen LogP contribution in [0.1, 0.15) is 32.5 Å². The van der Waals surface area contributed by atoms with E-state index in [0.29, 0.717) is 18.7 Å². The molecule has 6 nitrogen and oxygen atoms in total. The van der Waals surface area contributed by atoms with Gasteiger partial charge in [-0.15, -0.1) is 0 Å². The molecule has 1 aromatic heterocycles. The van der Waals surface area contributed by atoms with Crippen LogP contribution in [0.2, 0.25) is 0 Å². The van der Waals surface area contributed by atoms with E-state index in [1.165, 1.54) is 6.20 Å². The molecular weight excluding hydrogens is 252 g/mol. The SMILES string of the molecule is CCC(C#N)(CC)NS(=O)(=O)c1cn(C)c(C)n1. The molecular formula is C11H18N4O2S. The Morgan fingerprint density at radius 2 is 2.06 bits per heavy atom. The molecule has 0 atom stereocenters. The molecule has 0 saturated heterocycles. The normalized spacial score (nSPS) is 12.4. The van der Waals surface area contributed by atoms with E-state index in [-0.39, 0.29) is 5.03 Å². The van der Waals surface area contributed by atoms with Gasteiger partial charge in [0.15, 0.2) is 5.03 Å². The van der Waals surface area contributed by atoms with Gasteiger partial charge >= 0.3 is 0 Å². The van der Waals surface area contributed by atoms with E-state index >= 15 is 0 Å². The molecule has 1 N–H and O–H groups in total. The molecule has 1 rings (SSSR count). The highest BCUT2D eigenvalue weighted by Crippen LogP contribution is 2.18. The highest BCUT2D eigenvalue weighted by Gasteiger charge is 2.33. The minimum Gasteiger partial charge on any atom is -0.337 e. The lowest BCUT2D eigenvalue weighted by Gasteiger charge is -2.23. The second-order valence-electron chi connectivity index (χ2n) is 4.24. The average Bonchev–Trinajstić information content (AvgIpc) is 2.68. The van der Waals surface area contributed by atoms with Crippen LogP contribution in [0.5, 0.6) is 0 Å². The highest BCUT2D eigenvalue weighted by atomic mass is 32.2. The lowest BCUT2D eigenvalue weighted by molar-refractivity contribution is 0.445. The van der Waals surface area contributed by atoms with Crippen LogP contribution in [0.15, 0.2) is 11.2 Å². The number of imidazole rings is 1. The van der Waals surface area contributed by atoms with Crippen LogP contribution in [0.25, 0.3) is 0 Å². The van der Waals surface area contributed by atoms with Crippen molar-refractivity contribution in [2.75, 3.05) is 0 Å². The van der Waals surface area contributed by atoms with Gasteiger partial charge in [0.25, 0.3) is 10.0 Å². The quantitative estimate of drug-likeness (QED) is 0.867. The van der Waals surface area contributed by atoms with Crippen molar-refractivity contribution >= 4 is 10.0 Å². The van der Waals surface area contributed by atoms with Crippen LogP contribution in [-0.2, 0) is 17.1 Å². The van der Waals surface area contributed by atoms with Gasteiger partial charge in [-0.2, -0.15) is 9.98 Å². The van der Waals surface area contributed by atoms with Crippen LogP contribution in [0.4, 0.5) is 0 Å². The summed E-state index contributed by atoms with van der Waals surface area (Å²) in [5, 5.41) is 9.09. The third-order valence-corrected chi connectivity index (χ3v) is 4.52. The zero-order valence-corrected chi connectivity index (χ0v) is 11.9. The molecule has 100 valence electrons.